The lowest BCUT2D eigenvalue weighted by molar-refractivity contribution is 0.251. The van der Waals surface area contributed by atoms with Gasteiger partial charge < -0.3 is 10.2 Å². The number of pyridine rings is 1. The molecule has 0 radical (unpaired) electrons. The second-order valence-corrected chi connectivity index (χ2v) is 10.7. The Morgan fingerprint density at radius 3 is 2.60 bits per heavy atom. The summed E-state index contributed by atoms with van der Waals surface area (Å²) >= 11 is 6.10. The molecule has 0 amide bonds. The van der Waals surface area contributed by atoms with E-state index in [4.69, 9.17) is 21.6 Å². The first-order valence-corrected chi connectivity index (χ1v) is 12.6. The minimum Gasteiger partial charge on any atom is -0.368 e. The van der Waals surface area contributed by atoms with Crippen LogP contribution >= 0.6 is 11.6 Å². The maximum Gasteiger partial charge on any atom is 0.215 e. The van der Waals surface area contributed by atoms with Crippen molar-refractivity contribution in [1.29, 1.82) is 0 Å². The monoisotopic (exact) mass is 452 g/mol. The topological polar surface area (TPSA) is 91.3 Å². The molecule has 2 aliphatic rings. The fraction of sp³-hybridized carbons (Fsp3) is 0.650. The number of rotatable bonds is 6. The molecule has 4 rings (SSSR count). The molecule has 0 bridgehead atoms. The normalized spacial score (nSPS) is 19.9. The standard InChI is InChI=1S/C20H29ClN6O2S/c1-26-10-5-15(6-11-26)19-24-17-14-23-18(21)13-16(17)20(25-19)22-7-12-30(28,29)27-8-3-2-4-9-27/h13-15H,2-12H2,1H3,(H,22,24,25). The average molecular weight is 453 g/mol. The molecule has 4 heterocycles. The summed E-state index contributed by atoms with van der Waals surface area (Å²) in [6.45, 7) is 3.57. The van der Waals surface area contributed by atoms with Crippen LogP contribution in [0.15, 0.2) is 12.3 Å². The second kappa shape index (κ2) is 9.30. The molecule has 2 aromatic heterocycles. The van der Waals surface area contributed by atoms with Crippen LogP contribution in [0.25, 0.3) is 10.9 Å². The van der Waals surface area contributed by atoms with Crippen molar-refractivity contribution in [3.8, 4) is 0 Å². The summed E-state index contributed by atoms with van der Waals surface area (Å²) in [5.41, 5.74) is 0.727. The molecule has 0 atom stereocenters. The molecule has 164 valence electrons. The molecule has 0 saturated carbocycles. The van der Waals surface area contributed by atoms with E-state index >= 15 is 0 Å². The fourth-order valence-electron chi connectivity index (χ4n) is 4.18. The molecule has 30 heavy (non-hydrogen) atoms. The number of piperidine rings is 2. The van der Waals surface area contributed by atoms with Crippen LogP contribution < -0.4 is 5.32 Å². The Hall–Kier alpha value is -1.55. The van der Waals surface area contributed by atoms with Crippen LogP contribution in [-0.4, -0.2) is 78.1 Å². The van der Waals surface area contributed by atoms with Gasteiger partial charge in [-0.2, -0.15) is 0 Å². The Bertz CT molecular complexity index is 988. The molecule has 10 heteroatoms. The number of anilines is 1. The fourth-order valence-corrected chi connectivity index (χ4v) is 5.77. The summed E-state index contributed by atoms with van der Waals surface area (Å²) in [4.78, 5) is 16.0. The Morgan fingerprint density at radius 2 is 1.87 bits per heavy atom. The minimum atomic E-state index is -3.27. The molecule has 8 nitrogen and oxygen atoms in total. The molecule has 2 aromatic rings. The number of nitrogens with zero attached hydrogens (tertiary/aromatic N) is 5. The van der Waals surface area contributed by atoms with Gasteiger partial charge in [-0.1, -0.05) is 18.0 Å². The van der Waals surface area contributed by atoms with Crippen molar-refractivity contribution in [3.05, 3.63) is 23.2 Å². The zero-order chi connectivity index (χ0) is 21.1. The van der Waals surface area contributed by atoms with E-state index < -0.39 is 10.0 Å². The molecule has 1 N–H and O–H groups in total. The van der Waals surface area contributed by atoms with E-state index in [0.717, 1.165) is 61.9 Å². The van der Waals surface area contributed by atoms with Crippen LogP contribution in [0.2, 0.25) is 5.15 Å². The van der Waals surface area contributed by atoms with Gasteiger partial charge in [0, 0.05) is 30.9 Å². The van der Waals surface area contributed by atoms with E-state index in [1.165, 1.54) is 0 Å². The average Bonchev–Trinajstić information content (AvgIpc) is 2.75. The number of aromatic nitrogens is 3. The Labute approximate surface area is 183 Å². The van der Waals surface area contributed by atoms with Gasteiger partial charge in [-0.25, -0.2) is 27.7 Å². The molecule has 0 unspecified atom stereocenters. The smallest absolute Gasteiger partial charge is 0.215 e. The van der Waals surface area contributed by atoms with Gasteiger partial charge in [-0.15, -0.1) is 0 Å². The van der Waals surface area contributed by atoms with Crippen LogP contribution in [-0.2, 0) is 10.0 Å². The SMILES string of the molecule is CN1CCC(c2nc(NCCS(=O)(=O)N3CCCCC3)c3cc(Cl)ncc3n2)CC1. The molecular weight excluding hydrogens is 424 g/mol. The zero-order valence-electron chi connectivity index (χ0n) is 17.3. The zero-order valence-corrected chi connectivity index (χ0v) is 18.9. The molecule has 0 spiro atoms. The van der Waals surface area contributed by atoms with Crippen LogP contribution in [0, 0.1) is 0 Å². The van der Waals surface area contributed by atoms with E-state index in [1.54, 1.807) is 16.6 Å². The predicted molar refractivity (Wildman–Crippen MR) is 120 cm³/mol. The molecule has 2 fully saturated rings. The minimum absolute atomic E-state index is 0.0425. The second-order valence-electron chi connectivity index (χ2n) is 8.23. The van der Waals surface area contributed by atoms with Gasteiger partial charge in [0.1, 0.15) is 16.8 Å². The lowest BCUT2D eigenvalue weighted by atomic mass is 9.96. The molecule has 2 aliphatic heterocycles. The van der Waals surface area contributed by atoms with E-state index in [-0.39, 0.29) is 12.3 Å². The lowest BCUT2D eigenvalue weighted by Gasteiger charge is -2.28. The number of halogens is 1. The number of nitrogens with one attached hydrogen (secondary N) is 1. The van der Waals surface area contributed by atoms with E-state index in [2.05, 4.69) is 22.2 Å². The van der Waals surface area contributed by atoms with Gasteiger partial charge in [0.05, 0.1) is 17.5 Å². The van der Waals surface area contributed by atoms with Crippen LogP contribution in [0.1, 0.15) is 43.8 Å². The van der Waals surface area contributed by atoms with Crippen molar-refractivity contribution in [1.82, 2.24) is 24.2 Å². The Balaban J connectivity index is 1.53. The first-order chi connectivity index (χ1) is 14.4. The number of likely N-dealkylation sites (tertiary alicyclic amines) is 1. The van der Waals surface area contributed by atoms with Gasteiger partial charge in [-0.05, 0) is 51.9 Å². The molecular formula is C20H29ClN6O2S. The predicted octanol–water partition coefficient (Wildman–Crippen LogP) is 2.72. The van der Waals surface area contributed by atoms with Crippen molar-refractivity contribution in [3.63, 3.8) is 0 Å². The van der Waals surface area contributed by atoms with Gasteiger partial charge >= 0.3 is 0 Å². The lowest BCUT2D eigenvalue weighted by Crippen LogP contribution is -2.38. The van der Waals surface area contributed by atoms with Crippen LogP contribution in [0.3, 0.4) is 0 Å². The van der Waals surface area contributed by atoms with Crippen molar-refractivity contribution in [2.75, 3.05) is 50.8 Å². The molecule has 0 aromatic carbocycles. The van der Waals surface area contributed by atoms with E-state index in [0.29, 0.717) is 30.0 Å². The third kappa shape index (κ3) is 5.01. The highest BCUT2D eigenvalue weighted by atomic mass is 35.5. The van der Waals surface area contributed by atoms with Gasteiger partial charge in [-0.3, -0.25) is 0 Å². The van der Waals surface area contributed by atoms with Gasteiger partial charge in [0.2, 0.25) is 10.0 Å². The van der Waals surface area contributed by atoms with Crippen molar-refractivity contribution >= 4 is 38.3 Å². The number of fused-ring (bicyclic) bond motifs is 1. The molecule has 0 aliphatic carbocycles. The number of hydrogen-bond acceptors (Lipinski definition) is 7. The first kappa shape index (κ1) is 21.7. The maximum atomic E-state index is 12.7. The van der Waals surface area contributed by atoms with Crippen LogP contribution in [0.4, 0.5) is 5.82 Å². The summed E-state index contributed by atoms with van der Waals surface area (Å²) in [6, 6.07) is 1.73. The Morgan fingerprint density at radius 1 is 1.13 bits per heavy atom. The summed E-state index contributed by atoms with van der Waals surface area (Å²) < 4.78 is 26.9. The largest absolute Gasteiger partial charge is 0.368 e. The van der Waals surface area contributed by atoms with E-state index in [1.807, 2.05) is 0 Å². The summed E-state index contributed by atoms with van der Waals surface area (Å²) in [6.07, 6.45) is 6.65. The van der Waals surface area contributed by atoms with Gasteiger partial charge in [0.25, 0.3) is 0 Å². The van der Waals surface area contributed by atoms with E-state index in [9.17, 15) is 8.42 Å². The summed E-state index contributed by atoms with van der Waals surface area (Å²) in [7, 11) is -1.14. The third-order valence-corrected chi connectivity index (χ3v) is 8.09. The van der Waals surface area contributed by atoms with Gasteiger partial charge in [0.15, 0.2) is 0 Å². The summed E-state index contributed by atoms with van der Waals surface area (Å²) in [5, 5.41) is 4.37. The Kier molecular flexibility index (Phi) is 6.72. The van der Waals surface area contributed by atoms with Crippen molar-refractivity contribution in [2.45, 2.75) is 38.0 Å². The highest BCUT2D eigenvalue weighted by Crippen LogP contribution is 2.29. The highest BCUT2D eigenvalue weighted by molar-refractivity contribution is 7.89. The number of sulfonamides is 1. The number of hydrogen-bond donors (Lipinski definition) is 1. The molecule has 2 saturated heterocycles. The van der Waals surface area contributed by atoms with Crippen molar-refractivity contribution < 1.29 is 8.42 Å². The van der Waals surface area contributed by atoms with Crippen molar-refractivity contribution in [2.24, 2.45) is 0 Å². The summed E-state index contributed by atoms with van der Waals surface area (Å²) in [5.74, 6) is 1.76. The first-order valence-electron chi connectivity index (χ1n) is 10.7. The third-order valence-electron chi connectivity index (χ3n) is 6.01. The van der Waals surface area contributed by atoms with Crippen LogP contribution in [0.5, 0.6) is 0 Å². The maximum absolute atomic E-state index is 12.7. The quantitative estimate of drug-likeness (QED) is 0.673. The highest BCUT2D eigenvalue weighted by Gasteiger charge is 2.25.